The van der Waals surface area contributed by atoms with Gasteiger partial charge >= 0.3 is 11.9 Å². The van der Waals surface area contributed by atoms with Gasteiger partial charge in [0.2, 0.25) is 0 Å². The molecule has 0 heterocycles. The zero-order chi connectivity index (χ0) is 19.3. The molecule has 0 aromatic heterocycles. The van der Waals surface area contributed by atoms with Gasteiger partial charge in [0.1, 0.15) is 0 Å². The third-order valence-corrected chi connectivity index (χ3v) is 3.48. The minimum absolute atomic E-state index is 0.240. The Morgan fingerprint density at radius 3 is 1.81 bits per heavy atom. The number of aromatic carboxylic acids is 2. The summed E-state index contributed by atoms with van der Waals surface area (Å²) in [4.78, 5) is 47.5. The SMILES string of the molecule is CCNC(=O)c1cc(C(=O)Nc2ccccc2)c(C(=O)O)cc1C(=O)O. The van der Waals surface area contributed by atoms with E-state index < -0.39 is 34.9 Å². The summed E-state index contributed by atoms with van der Waals surface area (Å²) >= 11 is 0. The van der Waals surface area contributed by atoms with E-state index in [0.717, 1.165) is 12.1 Å². The fourth-order valence-corrected chi connectivity index (χ4v) is 2.30. The van der Waals surface area contributed by atoms with E-state index in [-0.39, 0.29) is 17.7 Å². The molecule has 0 aliphatic rings. The van der Waals surface area contributed by atoms with Gasteiger partial charge in [0.25, 0.3) is 11.8 Å². The summed E-state index contributed by atoms with van der Waals surface area (Å²) in [5.41, 5.74) is -1.18. The van der Waals surface area contributed by atoms with Crippen LogP contribution in [0.2, 0.25) is 0 Å². The van der Waals surface area contributed by atoms with Crippen molar-refractivity contribution in [3.05, 3.63) is 64.7 Å². The van der Waals surface area contributed by atoms with Crippen LogP contribution in [0.5, 0.6) is 0 Å². The second-order valence-electron chi connectivity index (χ2n) is 5.23. The van der Waals surface area contributed by atoms with Crippen molar-refractivity contribution < 1.29 is 29.4 Å². The smallest absolute Gasteiger partial charge is 0.336 e. The molecule has 0 fully saturated rings. The van der Waals surface area contributed by atoms with E-state index >= 15 is 0 Å². The number of benzene rings is 2. The zero-order valence-corrected chi connectivity index (χ0v) is 13.8. The Labute approximate surface area is 148 Å². The van der Waals surface area contributed by atoms with Crippen LogP contribution in [-0.4, -0.2) is 40.5 Å². The van der Waals surface area contributed by atoms with E-state index in [9.17, 15) is 29.4 Å². The van der Waals surface area contributed by atoms with Crippen LogP contribution in [0.1, 0.15) is 48.4 Å². The molecule has 134 valence electrons. The van der Waals surface area contributed by atoms with Gasteiger partial charge in [0, 0.05) is 12.2 Å². The number of amides is 2. The molecule has 0 radical (unpaired) electrons. The van der Waals surface area contributed by atoms with Gasteiger partial charge in [-0.25, -0.2) is 9.59 Å². The summed E-state index contributed by atoms with van der Waals surface area (Å²) in [6, 6.07) is 10.1. The first kappa shape index (κ1) is 18.7. The van der Waals surface area contributed by atoms with E-state index in [1.54, 1.807) is 37.3 Å². The highest BCUT2D eigenvalue weighted by atomic mass is 16.4. The predicted octanol–water partition coefficient (Wildman–Crippen LogP) is 2.08. The average Bonchev–Trinajstić information content (AvgIpc) is 2.61. The van der Waals surface area contributed by atoms with Crippen molar-refractivity contribution in [3.63, 3.8) is 0 Å². The van der Waals surface area contributed by atoms with Crippen LogP contribution in [0.25, 0.3) is 0 Å². The summed E-state index contributed by atoms with van der Waals surface area (Å²) in [6.45, 7) is 1.89. The molecule has 0 saturated carbocycles. The maximum Gasteiger partial charge on any atom is 0.336 e. The lowest BCUT2D eigenvalue weighted by atomic mass is 9.97. The van der Waals surface area contributed by atoms with E-state index in [0.29, 0.717) is 5.69 Å². The molecule has 2 aromatic rings. The van der Waals surface area contributed by atoms with Gasteiger partial charge in [-0.05, 0) is 31.2 Å². The van der Waals surface area contributed by atoms with E-state index in [1.165, 1.54) is 0 Å². The lowest BCUT2D eigenvalue weighted by Crippen LogP contribution is -2.27. The number of hydrogen-bond acceptors (Lipinski definition) is 4. The third-order valence-electron chi connectivity index (χ3n) is 3.48. The Morgan fingerprint density at radius 1 is 0.808 bits per heavy atom. The van der Waals surface area contributed by atoms with Crippen LogP contribution in [0.4, 0.5) is 5.69 Å². The first-order valence-electron chi connectivity index (χ1n) is 7.64. The Bertz CT molecular complexity index is 877. The first-order valence-corrected chi connectivity index (χ1v) is 7.64. The number of carbonyl (C=O) groups excluding carboxylic acids is 2. The van der Waals surface area contributed by atoms with Crippen molar-refractivity contribution in [3.8, 4) is 0 Å². The van der Waals surface area contributed by atoms with Crippen LogP contribution in [0, 0.1) is 0 Å². The van der Waals surface area contributed by atoms with E-state index in [2.05, 4.69) is 10.6 Å². The first-order chi connectivity index (χ1) is 12.3. The quantitative estimate of drug-likeness (QED) is 0.626. The second kappa shape index (κ2) is 7.93. The Morgan fingerprint density at radius 2 is 1.31 bits per heavy atom. The molecule has 0 aliphatic carbocycles. The van der Waals surface area contributed by atoms with Crippen molar-refractivity contribution in [2.45, 2.75) is 6.92 Å². The molecule has 0 atom stereocenters. The molecule has 2 rings (SSSR count). The summed E-state index contributed by atoms with van der Waals surface area (Å²) in [7, 11) is 0. The molecular formula is C18H16N2O6. The molecule has 4 N–H and O–H groups in total. The van der Waals surface area contributed by atoms with Crippen molar-refractivity contribution in [2.24, 2.45) is 0 Å². The van der Waals surface area contributed by atoms with Gasteiger partial charge in [-0.15, -0.1) is 0 Å². The maximum atomic E-state index is 12.5. The normalized spacial score (nSPS) is 10.0. The number of anilines is 1. The molecule has 2 aromatic carbocycles. The summed E-state index contributed by atoms with van der Waals surface area (Å²) < 4.78 is 0. The number of nitrogens with one attached hydrogen (secondary N) is 2. The lowest BCUT2D eigenvalue weighted by Gasteiger charge is -2.12. The topological polar surface area (TPSA) is 133 Å². The van der Waals surface area contributed by atoms with Gasteiger partial charge < -0.3 is 20.8 Å². The van der Waals surface area contributed by atoms with Crippen molar-refractivity contribution in [1.29, 1.82) is 0 Å². The minimum Gasteiger partial charge on any atom is -0.478 e. The van der Waals surface area contributed by atoms with Crippen LogP contribution in [0.15, 0.2) is 42.5 Å². The van der Waals surface area contributed by atoms with E-state index in [4.69, 9.17) is 0 Å². The summed E-state index contributed by atoms with van der Waals surface area (Å²) in [5, 5.41) is 23.6. The van der Waals surface area contributed by atoms with E-state index in [1.807, 2.05) is 0 Å². The summed E-state index contributed by atoms with van der Waals surface area (Å²) in [6.07, 6.45) is 0. The molecule has 0 saturated heterocycles. The number of carboxylic acid groups (broad SMARTS) is 2. The van der Waals surface area contributed by atoms with Crippen molar-refractivity contribution in [1.82, 2.24) is 5.32 Å². The highest BCUT2D eigenvalue weighted by Crippen LogP contribution is 2.20. The van der Waals surface area contributed by atoms with Crippen LogP contribution < -0.4 is 10.6 Å². The number of hydrogen-bond donors (Lipinski definition) is 4. The molecule has 0 unspecified atom stereocenters. The number of para-hydroxylation sites is 1. The predicted molar refractivity (Wildman–Crippen MR) is 92.8 cm³/mol. The monoisotopic (exact) mass is 356 g/mol. The number of carboxylic acids is 2. The Balaban J connectivity index is 2.57. The molecule has 8 nitrogen and oxygen atoms in total. The molecule has 2 amide bonds. The van der Waals surface area contributed by atoms with Crippen molar-refractivity contribution in [2.75, 3.05) is 11.9 Å². The second-order valence-corrected chi connectivity index (χ2v) is 5.23. The molecular weight excluding hydrogens is 340 g/mol. The van der Waals surface area contributed by atoms with Gasteiger partial charge in [-0.2, -0.15) is 0 Å². The molecule has 0 aliphatic heterocycles. The Kier molecular flexibility index (Phi) is 5.69. The van der Waals surface area contributed by atoms with Crippen LogP contribution >= 0.6 is 0 Å². The van der Waals surface area contributed by atoms with Crippen molar-refractivity contribution >= 4 is 29.4 Å². The van der Waals surface area contributed by atoms with Crippen LogP contribution in [0.3, 0.4) is 0 Å². The minimum atomic E-state index is -1.48. The van der Waals surface area contributed by atoms with Crippen LogP contribution in [-0.2, 0) is 0 Å². The zero-order valence-electron chi connectivity index (χ0n) is 13.8. The summed E-state index contributed by atoms with van der Waals surface area (Å²) in [5.74, 6) is -4.43. The van der Waals surface area contributed by atoms with Gasteiger partial charge in [-0.3, -0.25) is 9.59 Å². The molecule has 8 heteroatoms. The highest BCUT2D eigenvalue weighted by Gasteiger charge is 2.25. The Hall–Kier alpha value is -3.68. The lowest BCUT2D eigenvalue weighted by molar-refractivity contribution is 0.0688. The fourth-order valence-electron chi connectivity index (χ4n) is 2.30. The standard InChI is InChI=1S/C18H16N2O6/c1-2-19-15(21)11-8-12(14(18(25)26)9-13(11)17(23)24)16(22)20-10-6-4-3-5-7-10/h3-9H,2H2,1H3,(H,19,21)(H,20,22)(H,23,24)(H,25,26). The highest BCUT2D eigenvalue weighted by molar-refractivity contribution is 6.14. The average molecular weight is 356 g/mol. The van der Waals surface area contributed by atoms with Gasteiger partial charge in [0.05, 0.1) is 22.3 Å². The molecule has 26 heavy (non-hydrogen) atoms. The molecule has 0 bridgehead atoms. The molecule has 0 spiro atoms. The number of rotatable bonds is 6. The van der Waals surface area contributed by atoms with Gasteiger partial charge in [-0.1, -0.05) is 18.2 Å². The maximum absolute atomic E-state index is 12.5. The largest absolute Gasteiger partial charge is 0.478 e. The fraction of sp³-hybridized carbons (Fsp3) is 0.111. The van der Waals surface area contributed by atoms with Gasteiger partial charge in [0.15, 0.2) is 0 Å². The third kappa shape index (κ3) is 4.04. The number of carbonyl (C=O) groups is 4.